The molecular formula is C14H22N2OS. The van der Waals surface area contributed by atoms with Crippen molar-refractivity contribution in [2.24, 2.45) is 0 Å². The predicted octanol–water partition coefficient (Wildman–Crippen LogP) is 2.51. The zero-order valence-electron chi connectivity index (χ0n) is 11.1. The molecule has 0 amide bonds. The summed E-state index contributed by atoms with van der Waals surface area (Å²) < 4.78 is 0. The molecule has 3 nitrogen and oxygen atoms in total. The topological polar surface area (TPSA) is 45.2 Å². The van der Waals surface area contributed by atoms with E-state index in [2.05, 4.69) is 30.2 Å². The molecule has 2 N–H and O–H groups in total. The van der Waals surface area contributed by atoms with Gasteiger partial charge in [-0.2, -0.15) is 0 Å². The number of aromatic nitrogens is 1. The number of aliphatic hydroxyl groups is 1. The van der Waals surface area contributed by atoms with E-state index in [-0.39, 0.29) is 6.61 Å². The Hall–Kier alpha value is -0.580. The molecule has 0 aliphatic heterocycles. The van der Waals surface area contributed by atoms with Crippen LogP contribution in [0.15, 0.2) is 17.3 Å². The molecule has 1 aliphatic rings. The third kappa shape index (κ3) is 4.26. The van der Waals surface area contributed by atoms with Crippen LogP contribution in [0, 0.1) is 6.92 Å². The van der Waals surface area contributed by atoms with Gasteiger partial charge in [0.2, 0.25) is 0 Å². The molecule has 18 heavy (non-hydrogen) atoms. The summed E-state index contributed by atoms with van der Waals surface area (Å²) >= 11 is 1.75. The van der Waals surface area contributed by atoms with E-state index < -0.39 is 0 Å². The maximum Gasteiger partial charge on any atom is 0.0991 e. The van der Waals surface area contributed by atoms with Gasteiger partial charge in [-0.3, -0.25) is 0 Å². The highest BCUT2D eigenvalue weighted by Gasteiger charge is 2.20. The highest BCUT2D eigenvalue weighted by atomic mass is 32.2. The summed E-state index contributed by atoms with van der Waals surface area (Å²) in [5.41, 5.74) is 2.50. The van der Waals surface area contributed by atoms with Crippen molar-refractivity contribution in [2.45, 2.75) is 56.0 Å². The Morgan fingerprint density at radius 3 is 2.94 bits per heavy atom. The smallest absolute Gasteiger partial charge is 0.0991 e. The van der Waals surface area contributed by atoms with Gasteiger partial charge in [0.15, 0.2) is 0 Å². The lowest BCUT2D eigenvalue weighted by atomic mass is 10.2. The average Bonchev–Trinajstić information content (AvgIpc) is 3.14. The number of rotatable bonds is 7. The molecule has 1 heterocycles. The van der Waals surface area contributed by atoms with Crippen molar-refractivity contribution in [2.75, 3.05) is 6.61 Å². The molecule has 2 rings (SSSR count). The molecule has 1 aromatic rings. The monoisotopic (exact) mass is 266 g/mol. The van der Waals surface area contributed by atoms with Crippen LogP contribution in [0.2, 0.25) is 0 Å². The van der Waals surface area contributed by atoms with Crippen LogP contribution in [0.5, 0.6) is 0 Å². The van der Waals surface area contributed by atoms with Crippen LogP contribution in [0.25, 0.3) is 0 Å². The van der Waals surface area contributed by atoms with Crippen LogP contribution in [-0.4, -0.2) is 28.0 Å². The fraction of sp³-hybridized carbons (Fsp3) is 0.643. The van der Waals surface area contributed by atoms with Crippen LogP contribution in [0.4, 0.5) is 0 Å². The fourth-order valence-electron chi connectivity index (χ4n) is 1.82. The first-order chi connectivity index (χ1) is 8.69. The molecule has 1 atom stereocenters. The highest BCUT2D eigenvalue weighted by molar-refractivity contribution is 7.99. The predicted molar refractivity (Wildman–Crippen MR) is 75.9 cm³/mol. The summed E-state index contributed by atoms with van der Waals surface area (Å²) in [6.45, 7) is 5.42. The zero-order chi connectivity index (χ0) is 13.0. The summed E-state index contributed by atoms with van der Waals surface area (Å²) in [6, 6.07) is 2.96. The zero-order valence-corrected chi connectivity index (χ0v) is 12.0. The van der Waals surface area contributed by atoms with E-state index in [0.717, 1.165) is 24.0 Å². The second-order valence-corrected chi connectivity index (χ2v) is 6.49. The van der Waals surface area contributed by atoms with E-state index >= 15 is 0 Å². The second-order valence-electron chi connectivity index (χ2n) is 5.06. The normalized spacial score (nSPS) is 16.8. The highest BCUT2D eigenvalue weighted by Crippen LogP contribution is 2.26. The third-order valence-electron chi connectivity index (χ3n) is 3.11. The van der Waals surface area contributed by atoms with Crippen molar-refractivity contribution < 1.29 is 5.11 Å². The number of thioether (sulfide) groups is 1. The molecular weight excluding hydrogens is 244 g/mol. The standard InChI is InChI=1S/C14H22N2OS/c1-10-7-12(8-15-13-3-4-13)9-16-14(10)18-11(2)5-6-17/h7,9,11,13,15,17H,3-6,8H2,1-2H3. The number of aliphatic hydroxyl groups excluding tert-OH is 1. The van der Waals surface area contributed by atoms with Gasteiger partial charge in [0.05, 0.1) is 5.03 Å². The van der Waals surface area contributed by atoms with Crippen LogP contribution in [0.1, 0.15) is 37.3 Å². The van der Waals surface area contributed by atoms with Crippen LogP contribution < -0.4 is 5.32 Å². The lowest BCUT2D eigenvalue weighted by Gasteiger charge is -2.12. The fourth-order valence-corrected chi connectivity index (χ4v) is 2.78. The molecule has 1 fully saturated rings. The summed E-state index contributed by atoms with van der Waals surface area (Å²) in [7, 11) is 0. The summed E-state index contributed by atoms with van der Waals surface area (Å²) in [4.78, 5) is 4.54. The number of hydrogen-bond acceptors (Lipinski definition) is 4. The van der Waals surface area contributed by atoms with Crippen molar-refractivity contribution in [3.05, 3.63) is 23.4 Å². The molecule has 0 spiro atoms. The van der Waals surface area contributed by atoms with Gasteiger partial charge in [0, 0.05) is 30.6 Å². The SMILES string of the molecule is Cc1cc(CNC2CC2)cnc1SC(C)CCO. The lowest BCUT2D eigenvalue weighted by Crippen LogP contribution is -2.15. The van der Waals surface area contributed by atoms with Gasteiger partial charge >= 0.3 is 0 Å². The van der Waals surface area contributed by atoms with E-state index in [4.69, 9.17) is 5.11 Å². The van der Waals surface area contributed by atoms with Crippen molar-refractivity contribution in [3.8, 4) is 0 Å². The van der Waals surface area contributed by atoms with Crippen LogP contribution in [-0.2, 0) is 6.54 Å². The Morgan fingerprint density at radius 1 is 1.56 bits per heavy atom. The molecule has 1 aromatic heterocycles. The number of pyridine rings is 1. The van der Waals surface area contributed by atoms with E-state index in [0.29, 0.717) is 5.25 Å². The van der Waals surface area contributed by atoms with E-state index in [1.807, 2.05) is 6.20 Å². The molecule has 4 heteroatoms. The average molecular weight is 266 g/mol. The minimum absolute atomic E-state index is 0.247. The Kier molecular flexibility index (Phi) is 5.03. The van der Waals surface area contributed by atoms with E-state index in [1.165, 1.54) is 24.0 Å². The maximum atomic E-state index is 8.91. The summed E-state index contributed by atoms with van der Waals surface area (Å²) in [5.74, 6) is 0. The van der Waals surface area contributed by atoms with Gasteiger partial charge in [-0.05, 0) is 37.3 Å². The van der Waals surface area contributed by atoms with Gasteiger partial charge in [0.25, 0.3) is 0 Å². The molecule has 0 saturated heterocycles. The molecule has 1 aliphatic carbocycles. The first-order valence-corrected chi connectivity index (χ1v) is 7.53. The Labute approximate surface area is 113 Å². The van der Waals surface area contributed by atoms with E-state index in [9.17, 15) is 0 Å². The number of aryl methyl sites for hydroxylation is 1. The Balaban J connectivity index is 1.90. The lowest BCUT2D eigenvalue weighted by molar-refractivity contribution is 0.289. The molecule has 0 radical (unpaired) electrons. The first kappa shape index (κ1) is 13.8. The minimum atomic E-state index is 0.247. The number of nitrogens with one attached hydrogen (secondary N) is 1. The van der Waals surface area contributed by atoms with Gasteiger partial charge in [-0.25, -0.2) is 4.98 Å². The number of nitrogens with zero attached hydrogens (tertiary/aromatic N) is 1. The molecule has 100 valence electrons. The molecule has 0 aromatic carbocycles. The number of hydrogen-bond donors (Lipinski definition) is 2. The Morgan fingerprint density at radius 2 is 2.33 bits per heavy atom. The van der Waals surface area contributed by atoms with Crippen molar-refractivity contribution >= 4 is 11.8 Å². The van der Waals surface area contributed by atoms with Gasteiger partial charge in [0.1, 0.15) is 0 Å². The van der Waals surface area contributed by atoms with Crippen molar-refractivity contribution in [3.63, 3.8) is 0 Å². The van der Waals surface area contributed by atoms with E-state index in [1.54, 1.807) is 11.8 Å². The van der Waals surface area contributed by atoms with Crippen molar-refractivity contribution in [1.29, 1.82) is 0 Å². The minimum Gasteiger partial charge on any atom is -0.396 e. The molecule has 1 saturated carbocycles. The van der Waals surface area contributed by atoms with Gasteiger partial charge < -0.3 is 10.4 Å². The summed E-state index contributed by atoms with van der Waals surface area (Å²) in [5, 5.41) is 13.9. The largest absolute Gasteiger partial charge is 0.396 e. The Bertz CT molecular complexity index is 393. The summed E-state index contributed by atoms with van der Waals surface area (Å²) in [6.07, 6.45) is 5.42. The van der Waals surface area contributed by atoms with Crippen LogP contribution in [0.3, 0.4) is 0 Å². The molecule has 1 unspecified atom stereocenters. The second kappa shape index (κ2) is 6.55. The van der Waals surface area contributed by atoms with Gasteiger partial charge in [-0.1, -0.05) is 13.0 Å². The van der Waals surface area contributed by atoms with Crippen LogP contribution >= 0.6 is 11.8 Å². The van der Waals surface area contributed by atoms with Gasteiger partial charge in [-0.15, -0.1) is 11.8 Å². The third-order valence-corrected chi connectivity index (χ3v) is 4.40. The molecule has 0 bridgehead atoms. The maximum absolute atomic E-state index is 8.91. The quantitative estimate of drug-likeness (QED) is 0.744. The first-order valence-electron chi connectivity index (χ1n) is 6.65. The van der Waals surface area contributed by atoms with Crippen molar-refractivity contribution in [1.82, 2.24) is 10.3 Å².